The summed E-state index contributed by atoms with van der Waals surface area (Å²) >= 11 is 0. The van der Waals surface area contributed by atoms with Gasteiger partial charge in [-0.3, -0.25) is 0 Å². The Balaban J connectivity index is 0. The number of hydrogen-bond donors (Lipinski definition) is 1. The molecular formula is C31H54Cl2N2. The minimum Gasteiger partial charge on any atom is -1.00 e. The van der Waals surface area contributed by atoms with E-state index in [4.69, 9.17) is 0 Å². The van der Waals surface area contributed by atoms with Crippen molar-refractivity contribution in [2.24, 2.45) is 0 Å². The van der Waals surface area contributed by atoms with Gasteiger partial charge in [-0.1, -0.05) is 145 Å². The molecule has 0 spiro atoms. The highest BCUT2D eigenvalue weighted by Crippen LogP contribution is 2.32. The van der Waals surface area contributed by atoms with Gasteiger partial charge in [0.2, 0.25) is 0 Å². The third kappa shape index (κ3) is 14.9. The van der Waals surface area contributed by atoms with E-state index in [-0.39, 0.29) is 31.0 Å². The minimum atomic E-state index is 0. The van der Waals surface area contributed by atoms with Crippen molar-refractivity contribution in [2.75, 3.05) is 20.6 Å². The van der Waals surface area contributed by atoms with Gasteiger partial charge in [0.15, 0.2) is 0 Å². The van der Waals surface area contributed by atoms with Crippen LogP contribution in [0.2, 0.25) is 0 Å². The Morgan fingerprint density at radius 2 is 0.857 bits per heavy atom. The molecule has 35 heavy (non-hydrogen) atoms. The van der Waals surface area contributed by atoms with Gasteiger partial charge in [-0.2, -0.15) is 0 Å². The molecule has 0 atom stereocenters. The van der Waals surface area contributed by atoms with Crippen LogP contribution >= 0.6 is 12.4 Å². The molecule has 0 fully saturated rings. The topological polar surface area (TPSA) is 35.0 Å². The number of benzene rings is 2. The fourth-order valence-corrected chi connectivity index (χ4v) is 5.11. The molecule has 2 aromatic rings. The van der Waals surface area contributed by atoms with Gasteiger partial charge in [-0.15, -0.1) is 12.4 Å². The predicted octanol–water partition coefficient (Wildman–Crippen LogP) is 6.92. The molecule has 0 saturated carbocycles. The van der Waals surface area contributed by atoms with Crippen LogP contribution in [0, 0.1) is 0 Å². The average Bonchev–Trinajstić information content (AvgIpc) is 2.80. The van der Waals surface area contributed by atoms with Gasteiger partial charge in [0, 0.05) is 11.1 Å². The first kappa shape index (κ1) is 36.1. The Morgan fingerprint density at radius 1 is 0.543 bits per heavy atom. The Bertz CT molecular complexity index is 652. The third-order valence-electron chi connectivity index (χ3n) is 7.02. The fourth-order valence-electron chi connectivity index (χ4n) is 5.11. The second kappa shape index (κ2) is 22.2. The van der Waals surface area contributed by atoms with Crippen molar-refractivity contribution in [1.29, 1.82) is 0 Å². The molecule has 0 radical (unpaired) electrons. The van der Waals surface area contributed by atoms with Crippen LogP contribution in [0.1, 0.15) is 114 Å². The van der Waals surface area contributed by atoms with E-state index in [1.54, 1.807) is 0 Å². The van der Waals surface area contributed by atoms with E-state index in [1.165, 1.54) is 108 Å². The quantitative estimate of drug-likeness (QED) is 0.166. The lowest BCUT2D eigenvalue weighted by molar-refractivity contribution is -0.915. The molecular weight excluding hydrogens is 471 g/mol. The van der Waals surface area contributed by atoms with Gasteiger partial charge in [0.25, 0.3) is 0 Å². The number of unbranched alkanes of at least 4 members (excludes halogenated alkanes) is 13. The summed E-state index contributed by atoms with van der Waals surface area (Å²) in [7, 11) is 4.82. The summed E-state index contributed by atoms with van der Waals surface area (Å²) in [5.74, 6) is 0. The molecule has 0 saturated heterocycles. The molecule has 0 aliphatic carbocycles. The molecule has 0 aliphatic heterocycles. The standard InChI is InChI=1S/C31H50N.2ClH.H3N/c1-4-5-6-7-8-9-10-11-12-13-14-15-16-23-28-32(2,3)31(29-24-19-17-20-25-29)30-26-21-18-22-27-30;;;/h17-22,24-27,31H,4-16,23,28H2,1-3H3;2*1H;1H3/q+1;;;/p-1. The summed E-state index contributed by atoms with van der Waals surface area (Å²) < 4.78 is 1.02. The summed E-state index contributed by atoms with van der Waals surface area (Å²) in [4.78, 5) is 0. The Kier molecular flexibility index (Phi) is 22.9. The van der Waals surface area contributed by atoms with Crippen LogP contribution in [0.5, 0.6) is 0 Å². The van der Waals surface area contributed by atoms with Crippen molar-refractivity contribution in [3.8, 4) is 0 Å². The van der Waals surface area contributed by atoms with Crippen LogP contribution in [0.4, 0.5) is 0 Å². The summed E-state index contributed by atoms with van der Waals surface area (Å²) in [6, 6.07) is 22.5. The zero-order valence-electron chi connectivity index (χ0n) is 22.9. The van der Waals surface area contributed by atoms with E-state index < -0.39 is 0 Å². The fraction of sp³-hybridized carbons (Fsp3) is 0.613. The lowest BCUT2D eigenvalue weighted by atomic mass is 9.95. The van der Waals surface area contributed by atoms with Crippen LogP contribution in [-0.4, -0.2) is 25.1 Å². The van der Waals surface area contributed by atoms with Crippen LogP contribution in [0.25, 0.3) is 0 Å². The molecule has 3 N–H and O–H groups in total. The third-order valence-corrected chi connectivity index (χ3v) is 7.02. The molecule has 2 aromatic carbocycles. The number of hydrogen-bond acceptors (Lipinski definition) is 1. The van der Waals surface area contributed by atoms with E-state index in [9.17, 15) is 0 Å². The van der Waals surface area contributed by atoms with Gasteiger partial charge in [0.1, 0.15) is 6.04 Å². The highest BCUT2D eigenvalue weighted by molar-refractivity contribution is 5.85. The maximum absolute atomic E-state index is 2.41. The first-order chi connectivity index (χ1) is 15.6. The predicted molar refractivity (Wildman–Crippen MR) is 154 cm³/mol. The monoisotopic (exact) mass is 524 g/mol. The molecule has 202 valence electrons. The van der Waals surface area contributed by atoms with Crippen molar-refractivity contribution in [1.82, 2.24) is 6.15 Å². The molecule has 0 unspecified atom stereocenters. The zero-order chi connectivity index (χ0) is 22.9. The van der Waals surface area contributed by atoms with Crippen molar-refractivity contribution < 1.29 is 16.9 Å². The van der Waals surface area contributed by atoms with E-state index in [2.05, 4.69) is 81.7 Å². The van der Waals surface area contributed by atoms with E-state index >= 15 is 0 Å². The summed E-state index contributed by atoms with van der Waals surface area (Å²) in [5.41, 5.74) is 2.85. The van der Waals surface area contributed by atoms with Crippen LogP contribution in [0.3, 0.4) is 0 Å². The maximum atomic E-state index is 2.41. The summed E-state index contributed by atoms with van der Waals surface area (Å²) in [5, 5.41) is 0. The SMILES string of the molecule is CCCCCCCCCCCCCCCC[N+](C)(C)C(c1ccccc1)c1ccccc1.Cl.N.[Cl-]. The number of rotatable bonds is 18. The lowest BCUT2D eigenvalue weighted by Gasteiger charge is -2.39. The molecule has 2 nitrogen and oxygen atoms in total. The lowest BCUT2D eigenvalue weighted by Crippen LogP contribution is -3.00. The van der Waals surface area contributed by atoms with Crippen LogP contribution < -0.4 is 18.6 Å². The van der Waals surface area contributed by atoms with Crippen molar-refractivity contribution in [3.63, 3.8) is 0 Å². The molecule has 0 amide bonds. The van der Waals surface area contributed by atoms with Crippen LogP contribution in [0.15, 0.2) is 60.7 Å². The zero-order valence-corrected chi connectivity index (χ0v) is 24.5. The second-order valence-electron chi connectivity index (χ2n) is 10.3. The molecule has 4 heteroatoms. The first-order valence-electron chi connectivity index (χ1n) is 13.6. The Labute approximate surface area is 230 Å². The molecule has 0 aromatic heterocycles. The van der Waals surface area contributed by atoms with Crippen LogP contribution in [-0.2, 0) is 0 Å². The number of halogens is 2. The Morgan fingerprint density at radius 3 is 1.20 bits per heavy atom. The summed E-state index contributed by atoms with van der Waals surface area (Å²) in [6.45, 7) is 3.53. The van der Waals surface area contributed by atoms with Gasteiger partial charge in [0.05, 0.1) is 20.6 Å². The average molecular weight is 526 g/mol. The minimum absolute atomic E-state index is 0. The first-order valence-corrected chi connectivity index (χ1v) is 13.6. The van der Waals surface area contributed by atoms with E-state index in [1.807, 2.05) is 0 Å². The Hall–Kier alpha value is -1.06. The van der Waals surface area contributed by atoms with Crippen molar-refractivity contribution >= 4 is 12.4 Å². The van der Waals surface area contributed by atoms with Crippen molar-refractivity contribution in [2.45, 2.75) is 103 Å². The molecule has 0 bridgehead atoms. The largest absolute Gasteiger partial charge is 1.00 e. The van der Waals surface area contributed by atoms with Gasteiger partial charge in [-0.25, -0.2) is 0 Å². The molecule has 0 heterocycles. The van der Waals surface area contributed by atoms with E-state index in [0.29, 0.717) is 6.04 Å². The number of quaternary nitrogens is 1. The highest BCUT2D eigenvalue weighted by atomic mass is 35.5. The summed E-state index contributed by atoms with van der Waals surface area (Å²) in [6.07, 6.45) is 19.9. The van der Waals surface area contributed by atoms with Gasteiger partial charge >= 0.3 is 0 Å². The smallest absolute Gasteiger partial charge is 0.140 e. The van der Waals surface area contributed by atoms with E-state index in [0.717, 1.165) is 4.48 Å². The number of nitrogens with zero attached hydrogens (tertiary/aromatic N) is 1. The second-order valence-corrected chi connectivity index (χ2v) is 10.3. The normalized spacial score (nSPS) is 10.9. The highest BCUT2D eigenvalue weighted by Gasteiger charge is 2.30. The molecule has 2 rings (SSSR count). The van der Waals surface area contributed by atoms with Gasteiger partial charge in [-0.05, 0) is 12.8 Å². The van der Waals surface area contributed by atoms with Gasteiger partial charge < -0.3 is 23.0 Å². The molecule has 0 aliphatic rings. The maximum Gasteiger partial charge on any atom is 0.140 e. The van der Waals surface area contributed by atoms with Crippen molar-refractivity contribution in [3.05, 3.63) is 71.8 Å².